The largest absolute Gasteiger partial charge is 0.369 e. The molecule has 3 rings (SSSR count). The second kappa shape index (κ2) is 5.53. The summed E-state index contributed by atoms with van der Waals surface area (Å²) in [5.41, 5.74) is 12.0. The molecule has 3 aromatic rings. The highest BCUT2D eigenvalue weighted by Gasteiger charge is 2.14. The molecule has 0 radical (unpaired) electrons. The summed E-state index contributed by atoms with van der Waals surface area (Å²) in [5, 5.41) is 13.0. The number of benzene rings is 1. The zero-order valence-corrected chi connectivity index (χ0v) is 12.2. The van der Waals surface area contributed by atoms with Crippen LogP contribution >= 0.6 is 11.3 Å². The summed E-state index contributed by atoms with van der Waals surface area (Å²) in [6, 6.07) is 7.39. The van der Waals surface area contributed by atoms with Crippen molar-refractivity contribution in [3.05, 3.63) is 35.7 Å². The third kappa shape index (κ3) is 2.79. The van der Waals surface area contributed by atoms with Gasteiger partial charge in [-0.1, -0.05) is 29.5 Å². The smallest absolute Gasteiger partial charge is 0.234 e. The third-order valence-electron chi connectivity index (χ3n) is 2.94. The van der Waals surface area contributed by atoms with Gasteiger partial charge < -0.3 is 11.5 Å². The average molecular weight is 316 g/mol. The van der Waals surface area contributed by atoms with Gasteiger partial charge in [0.25, 0.3) is 0 Å². The molecule has 0 atom stereocenters. The van der Waals surface area contributed by atoms with E-state index >= 15 is 0 Å². The summed E-state index contributed by atoms with van der Waals surface area (Å²) in [7, 11) is 0. The van der Waals surface area contributed by atoms with E-state index in [4.69, 9.17) is 11.5 Å². The van der Waals surface area contributed by atoms with Crippen molar-refractivity contribution < 1.29 is 9.59 Å². The molecule has 0 unspecified atom stereocenters. The van der Waals surface area contributed by atoms with Crippen molar-refractivity contribution in [1.29, 1.82) is 0 Å². The maximum Gasteiger partial charge on any atom is 0.234 e. The van der Waals surface area contributed by atoms with Gasteiger partial charge in [0.05, 0.1) is 12.8 Å². The number of nitrogens with two attached hydrogens (primary N) is 2. The summed E-state index contributed by atoms with van der Waals surface area (Å²) in [4.78, 5) is 22.6. The molecular formula is C13H12N6O2S. The van der Waals surface area contributed by atoms with E-state index < -0.39 is 5.91 Å². The molecule has 0 spiro atoms. The van der Waals surface area contributed by atoms with Crippen molar-refractivity contribution >= 4 is 28.1 Å². The van der Waals surface area contributed by atoms with Gasteiger partial charge in [-0.05, 0) is 11.6 Å². The van der Waals surface area contributed by atoms with Gasteiger partial charge in [0.2, 0.25) is 16.8 Å². The molecule has 0 saturated heterocycles. The Morgan fingerprint density at radius 3 is 2.64 bits per heavy atom. The summed E-state index contributed by atoms with van der Waals surface area (Å²) in [5.74, 6) is -0.482. The molecule has 0 bridgehead atoms. The number of carbonyl (C=O) groups excluding carboxylic acids is 2. The van der Waals surface area contributed by atoms with Crippen LogP contribution in [0.1, 0.15) is 11.4 Å². The number of hydrogen-bond acceptors (Lipinski definition) is 6. The van der Waals surface area contributed by atoms with E-state index in [1.807, 2.05) is 24.3 Å². The average Bonchev–Trinajstić information content (AvgIpc) is 3.00. The van der Waals surface area contributed by atoms with Crippen LogP contribution in [0.15, 0.2) is 24.3 Å². The number of hydrogen-bond donors (Lipinski definition) is 2. The van der Waals surface area contributed by atoms with Crippen LogP contribution in [0.25, 0.3) is 15.5 Å². The van der Waals surface area contributed by atoms with E-state index in [9.17, 15) is 9.59 Å². The second-order valence-corrected chi connectivity index (χ2v) is 5.66. The zero-order valence-electron chi connectivity index (χ0n) is 11.4. The molecule has 2 aromatic heterocycles. The first-order chi connectivity index (χ1) is 10.5. The first kappa shape index (κ1) is 14.1. The van der Waals surface area contributed by atoms with Crippen LogP contribution in [0.4, 0.5) is 0 Å². The van der Waals surface area contributed by atoms with Gasteiger partial charge in [-0.3, -0.25) is 9.59 Å². The molecule has 22 heavy (non-hydrogen) atoms. The van der Waals surface area contributed by atoms with Gasteiger partial charge >= 0.3 is 0 Å². The fourth-order valence-corrected chi connectivity index (χ4v) is 2.91. The SMILES string of the molecule is NC(=O)Cc1cccc(-c2nn3c(CC(N)=O)nnc3s2)c1. The Kier molecular flexibility index (Phi) is 3.55. The predicted molar refractivity (Wildman–Crippen MR) is 79.9 cm³/mol. The first-order valence-corrected chi connectivity index (χ1v) is 7.21. The molecule has 0 aliphatic carbocycles. The van der Waals surface area contributed by atoms with E-state index in [2.05, 4.69) is 15.3 Å². The van der Waals surface area contributed by atoms with Gasteiger partial charge in [0.15, 0.2) is 5.82 Å². The molecule has 0 saturated carbocycles. The Hall–Kier alpha value is -2.81. The molecule has 0 aliphatic heterocycles. The van der Waals surface area contributed by atoms with Crippen LogP contribution < -0.4 is 11.5 Å². The summed E-state index contributed by atoms with van der Waals surface area (Å²) >= 11 is 1.34. The molecule has 8 nitrogen and oxygen atoms in total. The highest BCUT2D eigenvalue weighted by molar-refractivity contribution is 7.19. The number of fused-ring (bicyclic) bond motifs is 1. The zero-order chi connectivity index (χ0) is 15.7. The number of aromatic nitrogens is 4. The van der Waals surface area contributed by atoms with Crippen LogP contribution in [0.3, 0.4) is 0 Å². The van der Waals surface area contributed by atoms with Crippen molar-refractivity contribution in [3.63, 3.8) is 0 Å². The van der Waals surface area contributed by atoms with Crippen LogP contribution in [-0.2, 0) is 22.4 Å². The standard InChI is InChI=1S/C13H12N6O2S/c14-9(20)5-7-2-1-3-8(4-7)12-18-19-11(6-10(15)21)16-17-13(19)22-12/h1-4H,5-6H2,(H2,14,20)(H2,15,21). The topological polar surface area (TPSA) is 129 Å². The molecule has 0 fully saturated rings. The molecule has 9 heteroatoms. The van der Waals surface area contributed by atoms with Gasteiger partial charge in [-0.25, -0.2) is 0 Å². The number of amides is 2. The van der Waals surface area contributed by atoms with Gasteiger partial charge in [0, 0.05) is 5.56 Å². The molecular weight excluding hydrogens is 304 g/mol. The molecule has 2 heterocycles. The van der Waals surface area contributed by atoms with Gasteiger partial charge in [-0.15, -0.1) is 10.2 Å². The fourth-order valence-electron chi connectivity index (χ4n) is 2.06. The maximum absolute atomic E-state index is 11.0. The third-order valence-corrected chi connectivity index (χ3v) is 3.89. The van der Waals surface area contributed by atoms with Crippen molar-refractivity contribution in [2.24, 2.45) is 11.5 Å². The Morgan fingerprint density at radius 1 is 1.14 bits per heavy atom. The van der Waals surface area contributed by atoms with Crippen LogP contribution in [0.5, 0.6) is 0 Å². The highest BCUT2D eigenvalue weighted by Crippen LogP contribution is 2.26. The van der Waals surface area contributed by atoms with E-state index in [0.717, 1.165) is 11.1 Å². The second-order valence-electron chi connectivity index (χ2n) is 4.70. The van der Waals surface area contributed by atoms with Crippen molar-refractivity contribution in [2.45, 2.75) is 12.8 Å². The van der Waals surface area contributed by atoms with E-state index in [1.165, 1.54) is 15.9 Å². The van der Waals surface area contributed by atoms with Gasteiger partial charge in [0.1, 0.15) is 5.01 Å². The van der Waals surface area contributed by atoms with Crippen LogP contribution in [-0.4, -0.2) is 31.6 Å². The van der Waals surface area contributed by atoms with Crippen LogP contribution in [0.2, 0.25) is 0 Å². The first-order valence-electron chi connectivity index (χ1n) is 6.40. The lowest BCUT2D eigenvalue weighted by molar-refractivity contribution is -0.118. The summed E-state index contributed by atoms with van der Waals surface area (Å²) in [6.07, 6.45) is 0.150. The minimum absolute atomic E-state index is 0.0218. The Labute approximate surface area is 128 Å². The predicted octanol–water partition coefficient (Wildman–Crippen LogP) is -0.0916. The Morgan fingerprint density at radius 2 is 1.91 bits per heavy atom. The minimum atomic E-state index is -0.493. The molecule has 2 amide bonds. The molecule has 0 aliphatic rings. The summed E-state index contributed by atoms with van der Waals surface area (Å²) in [6.45, 7) is 0. The molecule has 1 aromatic carbocycles. The van der Waals surface area contributed by atoms with E-state index in [0.29, 0.717) is 15.8 Å². The van der Waals surface area contributed by atoms with Crippen molar-refractivity contribution in [2.75, 3.05) is 0 Å². The lowest BCUT2D eigenvalue weighted by Crippen LogP contribution is -2.16. The van der Waals surface area contributed by atoms with Gasteiger partial charge in [-0.2, -0.15) is 9.61 Å². The van der Waals surface area contributed by atoms with E-state index in [-0.39, 0.29) is 18.7 Å². The summed E-state index contributed by atoms with van der Waals surface area (Å²) < 4.78 is 1.51. The lowest BCUT2D eigenvalue weighted by Gasteiger charge is -2.00. The molecule has 112 valence electrons. The lowest BCUT2D eigenvalue weighted by atomic mass is 10.1. The van der Waals surface area contributed by atoms with Crippen molar-refractivity contribution in [1.82, 2.24) is 19.8 Å². The van der Waals surface area contributed by atoms with E-state index in [1.54, 1.807) is 0 Å². The normalized spacial score (nSPS) is 10.9. The van der Waals surface area contributed by atoms with Crippen molar-refractivity contribution in [3.8, 4) is 10.6 Å². The number of rotatable bonds is 5. The molecule has 4 N–H and O–H groups in total. The Balaban J connectivity index is 1.98. The maximum atomic E-state index is 11.0. The minimum Gasteiger partial charge on any atom is -0.369 e. The fraction of sp³-hybridized carbons (Fsp3) is 0.154. The number of primary amides is 2. The quantitative estimate of drug-likeness (QED) is 0.679. The highest BCUT2D eigenvalue weighted by atomic mass is 32.1. The monoisotopic (exact) mass is 316 g/mol. The Bertz CT molecular complexity index is 868. The number of carbonyl (C=O) groups is 2. The van der Waals surface area contributed by atoms with Crippen LogP contribution in [0, 0.1) is 0 Å². The number of nitrogens with zero attached hydrogens (tertiary/aromatic N) is 4.